The normalized spacial score (nSPS) is 12.2. The van der Waals surface area contributed by atoms with Crippen molar-refractivity contribution in [2.24, 2.45) is 0 Å². The van der Waals surface area contributed by atoms with Crippen molar-refractivity contribution in [3.05, 3.63) is 58.5 Å². The van der Waals surface area contributed by atoms with E-state index in [-0.39, 0.29) is 11.9 Å². The van der Waals surface area contributed by atoms with Crippen LogP contribution in [-0.4, -0.2) is 19.1 Å². The molecule has 1 unspecified atom stereocenters. The van der Waals surface area contributed by atoms with Gasteiger partial charge in [0.2, 0.25) is 5.88 Å². The Morgan fingerprint density at radius 2 is 2.20 bits per heavy atom. The van der Waals surface area contributed by atoms with E-state index in [0.29, 0.717) is 17.3 Å². The highest BCUT2D eigenvalue weighted by Gasteiger charge is 2.17. The molecule has 1 atom stereocenters. The van der Waals surface area contributed by atoms with E-state index in [1.165, 1.54) is 12.1 Å². The van der Waals surface area contributed by atoms with E-state index in [0.717, 1.165) is 11.1 Å². The van der Waals surface area contributed by atoms with Crippen molar-refractivity contribution in [1.29, 1.82) is 0 Å². The summed E-state index contributed by atoms with van der Waals surface area (Å²) in [7, 11) is 3.44. The molecular weight excluding hydrogens is 279 g/mol. The minimum absolute atomic E-state index is 0.0124. The monoisotopic (exact) mass is 294 g/mol. The van der Waals surface area contributed by atoms with E-state index in [1.807, 2.05) is 19.2 Å². The van der Waals surface area contributed by atoms with Crippen molar-refractivity contribution in [1.82, 2.24) is 10.3 Å². The van der Waals surface area contributed by atoms with Gasteiger partial charge >= 0.3 is 0 Å². The summed E-state index contributed by atoms with van der Waals surface area (Å²) in [6, 6.07) is 8.23. The van der Waals surface area contributed by atoms with Crippen LogP contribution in [0.4, 0.5) is 4.39 Å². The highest BCUT2D eigenvalue weighted by Crippen LogP contribution is 2.28. The summed E-state index contributed by atoms with van der Waals surface area (Å²) in [5, 5.41) is 3.64. The van der Waals surface area contributed by atoms with Crippen LogP contribution in [0.25, 0.3) is 0 Å². The Labute approximate surface area is 122 Å². The maximum Gasteiger partial charge on any atom is 0.217 e. The molecule has 0 amide bonds. The number of likely N-dealkylation sites (N-methyl/N-ethyl adjacent to an activating group) is 1. The van der Waals surface area contributed by atoms with Gasteiger partial charge in [-0.25, -0.2) is 9.37 Å². The Bertz CT molecular complexity index is 592. The Morgan fingerprint density at radius 3 is 2.85 bits per heavy atom. The number of ether oxygens (including phenoxy) is 1. The summed E-state index contributed by atoms with van der Waals surface area (Å²) in [5.74, 6) is 0.240. The number of rotatable bonds is 5. The van der Waals surface area contributed by atoms with Crippen molar-refractivity contribution in [3.63, 3.8) is 0 Å². The number of methoxy groups -OCH3 is 1. The molecule has 2 rings (SSSR count). The Kier molecular flexibility index (Phi) is 4.93. The van der Waals surface area contributed by atoms with Gasteiger partial charge in [-0.3, -0.25) is 0 Å². The van der Waals surface area contributed by atoms with Gasteiger partial charge in [0.25, 0.3) is 0 Å². The lowest BCUT2D eigenvalue weighted by atomic mass is 9.99. The van der Waals surface area contributed by atoms with Gasteiger partial charge in [-0.15, -0.1) is 0 Å². The quantitative estimate of drug-likeness (QED) is 0.918. The van der Waals surface area contributed by atoms with Crippen LogP contribution in [0.1, 0.15) is 17.2 Å². The smallest absolute Gasteiger partial charge is 0.217 e. The summed E-state index contributed by atoms with van der Waals surface area (Å²) in [4.78, 5) is 4.19. The molecule has 0 spiro atoms. The van der Waals surface area contributed by atoms with Crippen molar-refractivity contribution < 1.29 is 9.13 Å². The largest absolute Gasteiger partial charge is 0.481 e. The molecule has 3 nitrogen and oxygen atoms in total. The van der Waals surface area contributed by atoms with Gasteiger partial charge in [0, 0.05) is 22.8 Å². The standard InChI is InChI=1S/C15H16ClFN2O/c1-18-14(12-4-3-7-19-15(12)20-2)8-10-5-6-11(17)9-13(10)16/h3-7,9,14,18H,8H2,1-2H3. The molecule has 0 aliphatic heterocycles. The lowest BCUT2D eigenvalue weighted by Crippen LogP contribution is -2.20. The van der Waals surface area contributed by atoms with Gasteiger partial charge in [-0.2, -0.15) is 0 Å². The molecule has 5 heteroatoms. The van der Waals surface area contributed by atoms with Gasteiger partial charge in [-0.1, -0.05) is 23.7 Å². The lowest BCUT2D eigenvalue weighted by molar-refractivity contribution is 0.384. The van der Waals surface area contributed by atoms with Crippen molar-refractivity contribution in [3.8, 4) is 5.88 Å². The van der Waals surface area contributed by atoms with Crippen LogP contribution in [0.15, 0.2) is 36.5 Å². The van der Waals surface area contributed by atoms with Crippen LogP contribution in [0.2, 0.25) is 5.02 Å². The molecule has 0 saturated carbocycles. The van der Waals surface area contributed by atoms with E-state index in [1.54, 1.807) is 19.4 Å². The molecule has 0 aliphatic carbocycles. The second-order valence-electron chi connectivity index (χ2n) is 4.38. The van der Waals surface area contributed by atoms with Crippen molar-refractivity contribution in [2.45, 2.75) is 12.5 Å². The molecule has 2 aromatic rings. The number of hydrogen-bond donors (Lipinski definition) is 1. The highest BCUT2D eigenvalue weighted by molar-refractivity contribution is 6.31. The zero-order chi connectivity index (χ0) is 14.5. The van der Waals surface area contributed by atoms with Crippen LogP contribution >= 0.6 is 11.6 Å². The van der Waals surface area contributed by atoms with Gasteiger partial charge in [0.1, 0.15) is 5.82 Å². The van der Waals surface area contributed by atoms with Gasteiger partial charge in [0.15, 0.2) is 0 Å². The maximum atomic E-state index is 13.1. The van der Waals surface area contributed by atoms with E-state index < -0.39 is 0 Å². The fourth-order valence-corrected chi connectivity index (χ4v) is 2.36. The zero-order valence-corrected chi connectivity index (χ0v) is 12.1. The number of nitrogens with one attached hydrogen (secondary N) is 1. The van der Waals surface area contributed by atoms with Gasteiger partial charge in [0.05, 0.1) is 7.11 Å². The Morgan fingerprint density at radius 1 is 1.40 bits per heavy atom. The summed E-state index contributed by atoms with van der Waals surface area (Å²) >= 11 is 6.08. The fourth-order valence-electron chi connectivity index (χ4n) is 2.11. The molecule has 1 aromatic carbocycles. The van der Waals surface area contributed by atoms with Crippen LogP contribution in [0.5, 0.6) is 5.88 Å². The molecule has 1 N–H and O–H groups in total. The number of halogens is 2. The van der Waals surface area contributed by atoms with Crippen molar-refractivity contribution >= 4 is 11.6 Å². The second kappa shape index (κ2) is 6.68. The molecule has 0 saturated heterocycles. The zero-order valence-electron chi connectivity index (χ0n) is 11.4. The number of pyridine rings is 1. The highest BCUT2D eigenvalue weighted by atomic mass is 35.5. The first-order chi connectivity index (χ1) is 9.65. The molecule has 106 valence electrons. The number of aromatic nitrogens is 1. The first-order valence-electron chi connectivity index (χ1n) is 6.25. The van der Waals surface area contributed by atoms with E-state index >= 15 is 0 Å². The van der Waals surface area contributed by atoms with Crippen LogP contribution in [0, 0.1) is 5.82 Å². The maximum absolute atomic E-state index is 13.1. The molecule has 1 heterocycles. The molecule has 0 aliphatic rings. The third-order valence-electron chi connectivity index (χ3n) is 3.16. The summed E-state index contributed by atoms with van der Waals surface area (Å²) in [5.41, 5.74) is 1.82. The van der Waals surface area contributed by atoms with Crippen LogP contribution in [-0.2, 0) is 6.42 Å². The minimum Gasteiger partial charge on any atom is -0.481 e. The Balaban J connectivity index is 2.29. The number of nitrogens with zero attached hydrogens (tertiary/aromatic N) is 1. The van der Waals surface area contributed by atoms with E-state index in [4.69, 9.17) is 16.3 Å². The van der Waals surface area contributed by atoms with E-state index in [9.17, 15) is 4.39 Å². The average Bonchev–Trinajstić information content (AvgIpc) is 2.46. The van der Waals surface area contributed by atoms with Crippen molar-refractivity contribution in [2.75, 3.05) is 14.2 Å². The predicted octanol–water partition coefficient (Wildman–Crippen LogP) is 3.39. The second-order valence-corrected chi connectivity index (χ2v) is 4.79. The lowest BCUT2D eigenvalue weighted by Gasteiger charge is -2.19. The molecule has 0 radical (unpaired) electrons. The topological polar surface area (TPSA) is 34.2 Å². The molecular formula is C15H16ClFN2O. The van der Waals surface area contributed by atoms with Gasteiger partial charge < -0.3 is 10.1 Å². The fraction of sp³-hybridized carbons (Fsp3) is 0.267. The molecule has 20 heavy (non-hydrogen) atoms. The van der Waals surface area contributed by atoms with E-state index in [2.05, 4.69) is 10.3 Å². The Hall–Kier alpha value is -1.65. The number of benzene rings is 1. The third kappa shape index (κ3) is 3.26. The SMILES string of the molecule is CNC(Cc1ccc(F)cc1Cl)c1cccnc1OC. The molecule has 0 bridgehead atoms. The third-order valence-corrected chi connectivity index (χ3v) is 3.51. The minimum atomic E-state index is -0.335. The summed E-state index contributed by atoms with van der Waals surface area (Å²) < 4.78 is 18.3. The van der Waals surface area contributed by atoms with Crippen LogP contribution in [0.3, 0.4) is 0 Å². The first-order valence-corrected chi connectivity index (χ1v) is 6.63. The van der Waals surface area contributed by atoms with Crippen LogP contribution < -0.4 is 10.1 Å². The first kappa shape index (κ1) is 14.8. The number of hydrogen-bond acceptors (Lipinski definition) is 3. The van der Waals surface area contributed by atoms with Gasteiger partial charge in [-0.05, 0) is 37.2 Å². The summed E-state index contributed by atoms with van der Waals surface area (Å²) in [6.07, 6.45) is 2.30. The average molecular weight is 295 g/mol. The molecule has 0 fully saturated rings. The predicted molar refractivity (Wildman–Crippen MR) is 77.7 cm³/mol. The summed E-state index contributed by atoms with van der Waals surface area (Å²) in [6.45, 7) is 0. The molecule has 1 aromatic heterocycles.